The summed E-state index contributed by atoms with van der Waals surface area (Å²) in [5, 5.41) is 5.81. The standard InChI is InChI=1S/C15H14BrN3/c1-3-11-7-12(16)8-14-13(11)9-19(18-14)15-6-4-5-10(2)17-15/h4-9H,3H2,1-2H3. The Kier molecular flexibility index (Phi) is 3.11. The van der Waals surface area contributed by atoms with Crippen LogP contribution in [0.25, 0.3) is 16.7 Å². The lowest BCUT2D eigenvalue weighted by Gasteiger charge is -2.00. The van der Waals surface area contributed by atoms with Crippen LogP contribution in [0.4, 0.5) is 0 Å². The second-order valence-corrected chi connectivity index (χ2v) is 5.48. The SMILES string of the molecule is CCc1cc(Br)cc2nn(-c3cccc(C)n3)cc12. The van der Waals surface area contributed by atoms with E-state index < -0.39 is 0 Å². The van der Waals surface area contributed by atoms with Gasteiger partial charge in [0.25, 0.3) is 0 Å². The van der Waals surface area contributed by atoms with E-state index in [1.165, 1.54) is 10.9 Å². The molecule has 0 aliphatic carbocycles. The first-order valence-corrected chi connectivity index (χ1v) is 7.08. The molecule has 0 bridgehead atoms. The fourth-order valence-corrected chi connectivity index (χ4v) is 2.72. The Morgan fingerprint density at radius 2 is 2.11 bits per heavy atom. The van der Waals surface area contributed by atoms with Crippen LogP contribution in [0.1, 0.15) is 18.2 Å². The topological polar surface area (TPSA) is 30.7 Å². The molecule has 0 N–H and O–H groups in total. The van der Waals surface area contributed by atoms with E-state index in [1.54, 1.807) is 0 Å². The molecule has 4 heteroatoms. The molecule has 3 rings (SSSR count). The van der Waals surface area contributed by atoms with Crippen molar-refractivity contribution in [2.45, 2.75) is 20.3 Å². The van der Waals surface area contributed by atoms with Gasteiger partial charge in [0.15, 0.2) is 5.82 Å². The van der Waals surface area contributed by atoms with E-state index in [1.807, 2.05) is 35.9 Å². The lowest BCUT2D eigenvalue weighted by atomic mass is 10.1. The third kappa shape index (κ3) is 2.28. The number of halogens is 1. The van der Waals surface area contributed by atoms with Crippen LogP contribution in [0.15, 0.2) is 41.0 Å². The largest absolute Gasteiger partial charge is 0.234 e. The Bertz CT molecular complexity index is 746. The Morgan fingerprint density at radius 1 is 1.26 bits per heavy atom. The summed E-state index contributed by atoms with van der Waals surface area (Å²) in [5.74, 6) is 0.856. The molecule has 2 aromatic heterocycles. The first-order valence-electron chi connectivity index (χ1n) is 6.29. The molecule has 0 aliphatic rings. The predicted molar refractivity (Wildman–Crippen MR) is 80.7 cm³/mol. The lowest BCUT2D eigenvalue weighted by Crippen LogP contribution is -1.98. The Balaban J connectivity index is 2.21. The average Bonchev–Trinajstić information content (AvgIpc) is 2.81. The second kappa shape index (κ2) is 4.78. The molecule has 0 atom stereocenters. The summed E-state index contributed by atoms with van der Waals surface area (Å²) in [7, 11) is 0. The summed E-state index contributed by atoms with van der Waals surface area (Å²) >= 11 is 3.54. The molecular formula is C15H14BrN3. The third-order valence-electron chi connectivity index (χ3n) is 3.16. The van der Waals surface area contributed by atoms with Gasteiger partial charge in [0.2, 0.25) is 0 Å². The van der Waals surface area contributed by atoms with Gasteiger partial charge >= 0.3 is 0 Å². The van der Waals surface area contributed by atoms with Gasteiger partial charge in [-0.05, 0) is 43.2 Å². The zero-order valence-corrected chi connectivity index (χ0v) is 12.5. The molecule has 0 amide bonds. The van der Waals surface area contributed by atoms with Gasteiger partial charge in [-0.25, -0.2) is 9.67 Å². The highest BCUT2D eigenvalue weighted by Gasteiger charge is 2.08. The summed E-state index contributed by atoms with van der Waals surface area (Å²) in [6, 6.07) is 10.2. The van der Waals surface area contributed by atoms with Crippen LogP contribution in [-0.4, -0.2) is 14.8 Å². The zero-order chi connectivity index (χ0) is 13.4. The van der Waals surface area contributed by atoms with Gasteiger partial charge in [-0.1, -0.05) is 28.9 Å². The van der Waals surface area contributed by atoms with Crippen LogP contribution in [0.2, 0.25) is 0 Å². The van der Waals surface area contributed by atoms with Crippen molar-refractivity contribution in [3.63, 3.8) is 0 Å². The van der Waals surface area contributed by atoms with E-state index in [0.29, 0.717) is 0 Å². The van der Waals surface area contributed by atoms with Crippen LogP contribution in [-0.2, 0) is 6.42 Å². The number of rotatable bonds is 2. The average molecular weight is 316 g/mol. The first-order chi connectivity index (χ1) is 9.17. The number of aryl methyl sites for hydroxylation is 2. The van der Waals surface area contributed by atoms with E-state index in [4.69, 9.17) is 0 Å². The molecular weight excluding hydrogens is 302 g/mol. The molecule has 0 radical (unpaired) electrons. The van der Waals surface area contributed by atoms with Crippen molar-refractivity contribution in [3.05, 3.63) is 52.3 Å². The highest BCUT2D eigenvalue weighted by molar-refractivity contribution is 9.10. The Morgan fingerprint density at radius 3 is 2.84 bits per heavy atom. The van der Waals surface area contributed by atoms with Crippen molar-refractivity contribution in [3.8, 4) is 5.82 Å². The van der Waals surface area contributed by atoms with Gasteiger partial charge in [-0.3, -0.25) is 0 Å². The van der Waals surface area contributed by atoms with Crippen molar-refractivity contribution >= 4 is 26.8 Å². The zero-order valence-electron chi connectivity index (χ0n) is 10.9. The smallest absolute Gasteiger partial charge is 0.153 e. The Labute approximate surface area is 120 Å². The molecule has 0 fully saturated rings. The molecule has 1 aromatic carbocycles. The number of pyridine rings is 1. The summed E-state index contributed by atoms with van der Waals surface area (Å²) in [6.07, 6.45) is 3.05. The fourth-order valence-electron chi connectivity index (χ4n) is 2.22. The van der Waals surface area contributed by atoms with Crippen LogP contribution in [0, 0.1) is 6.92 Å². The molecule has 0 unspecified atom stereocenters. The van der Waals surface area contributed by atoms with Crippen molar-refractivity contribution in [1.29, 1.82) is 0 Å². The van der Waals surface area contributed by atoms with Gasteiger partial charge in [0.05, 0.1) is 5.52 Å². The lowest BCUT2D eigenvalue weighted by molar-refractivity contribution is 0.853. The third-order valence-corrected chi connectivity index (χ3v) is 3.62. The van der Waals surface area contributed by atoms with E-state index in [0.717, 1.165) is 27.9 Å². The van der Waals surface area contributed by atoms with Crippen molar-refractivity contribution in [2.24, 2.45) is 0 Å². The quantitative estimate of drug-likeness (QED) is 0.714. The molecule has 0 aliphatic heterocycles. The molecule has 0 spiro atoms. The summed E-state index contributed by atoms with van der Waals surface area (Å²) in [4.78, 5) is 4.51. The highest BCUT2D eigenvalue weighted by Crippen LogP contribution is 2.24. The van der Waals surface area contributed by atoms with Gasteiger partial charge in [-0.15, -0.1) is 0 Å². The molecule has 0 saturated heterocycles. The maximum atomic E-state index is 4.62. The van der Waals surface area contributed by atoms with Crippen molar-refractivity contribution in [2.75, 3.05) is 0 Å². The molecule has 96 valence electrons. The maximum absolute atomic E-state index is 4.62. The number of nitrogens with zero attached hydrogens (tertiary/aromatic N) is 3. The number of hydrogen-bond acceptors (Lipinski definition) is 2. The van der Waals surface area contributed by atoms with Crippen molar-refractivity contribution in [1.82, 2.24) is 14.8 Å². The van der Waals surface area contributed by atoms with Crippen molar-refractivity contribution < 1.29 is 0 Å². The van der Waals surface area contributed by atoms with Gasteiger partial charge < -0.3 is 0 Å². The predicted octanol–water partition coefficient (Wildman–Crippen LogP) is 4.05. The highest BCUT2D eigenvalue weighted by atomic mass is 79.9. The van der Waals surface area contributed by atoms with Crippen LogP contribution in [0.5, 0.6) is 0 Å². The molecule has 3 nitrogen and oxygen atoms in total. The fraction of sp³-hybridized carbons (Fsp3) is 0.200. The van der Waals surface area contributed by atoms with E-state index in [2.05, 4.69) is 45.2 Å². The summed E-state index contributed by atoms with van der Waals surface area (Å²) in [6.45, 7) is 4.14. The maximum Gasteiger partial charge on any atom is 0.153 e. The van der Waals surface area contributed by atoms with E-state index in [-0.39, 0.29) is 0 Å². The van der Waals surface area contributed by atoms with Gasteiger partial charge in [-0.2, -0.15) is 5.10 Å². The molecule has 19 heavy (non-hydrogen) atoms. The second-order valence-electron chi connectivity index (χ2n) is 4.56. The van der Waals surface area contributed by atoms with Gasteiger partial charge in [0.1, 0.15) is 0 Å². The minimum absolute atomic E-state index is 0.856. The number of benzene rings is 1. The Hall–Kier alpha value is -1.68. The monoisotopic (exact) mass is 315 g/mol. The number of hydrogen-bond donors (Lipinski definition) is 0. The van der Waals surface area contributed by atoms with Crippen LogP contribution < -0.4 is 0 Å². The molecule has 3 aromatic rings. The minimum Gasteiger partial charge on any atom is -0.234 e. The van der Waals surface area contributed by atoms with E-state index >= 15 is 0 Å². The first kappa shape index (κ1) is 12.4. The number of fused-ring (bicyclic) bond motifs is 1. The summed E-state index contributed by atoms with van der Waals surface area (Å²) in [5.41, 5.74) is 3.28. The molecule has 0 saturated carbocycles. The number of aromatic nitrogens is 3. The van der Waals surface area contributed by atoms with Gasteiger partial charge in [0, 0.05) is 21.7 Å². The normalized spacial score (nSPS) is 11.1. The molecule has 2 heterocycles. The van der Waals surface area contributed by atoms with E-state index in [9.17, 15) is 0 Å². The summed E-state index contributed by atoms with van der Waals surface area (Å²) < 4.78 is 2.92. The van der Waals surface area contributed by atoms with Crippen LogP contribution >= 0.6 is 15.9 Å². The minimum atomic E-state index is 0.856. The van der Waals surface area contributed by atoms with Crippen LogP contribution in [0.3, 0.4) is 0 Å².